The summed E-state index contributed by atoms with van der Waals surface area (Å²) in [5.41, 5.74) is -0.00437. The maximum Gasteiger partial charge on any atom is 0.306 e. The van der Waals surface area contributed by atoms with E-state index in [0.717, 1.165) is 6.07 Å². The molecule has 2 unspecified atom stereocenters. The molecule has 0 saturated heterocycles. The lowest BCUT2D eigenvalue weighted by atomic mass is 10.1. The molecule has 6 heteroatoms. The Kier molecular flexibility index (Phi) is 4.32. The van der Waals surface area contributed by atoms with Crippen molar-refractivity contribution < 1.29 is 23.5 Å². The Morgan fingerprint density at radius 3 is 2.70 bits per heavy atom. The van der Waals surface area contributed by atoms with Gasteiger partial charge in [0.2, 0.25) is 5.91 Å². The Morgan fingerprint density at radius 1 is 1.30 bits per heavy atom. The standard InChI is InChI=1S/C14H15F2NO3/c15-11-3-1-2-8(13(11)16)7-12(18)17-10-5-4-9(6-10)14(19)20/h1-3,9-10H,4-7H2,(H,17,18)(H,19,20). The molecule has 20 heavy (non-hydrogen) atoms. The van der Waals surface area contributed by atoms with Crippen molar-refractivity contribution >= 4 is 11.9 Å². The highest BCUT2D eigenvalue weighted by molar-refractivity contribution is 5.79. The number of hydrogen-bond donors (Lipinski definition) is 2. The number of amides is 1. The summed E-state index contributed by atoms with van der Waals surface area (Å²) in [6.07, 6.45) is 1.24. The van der Waals surface area contributed by atoms with Gasteiger partial charge in [-0.25, -0.2) is 8.78 Å². The zero-order chi connectivity index (χ0) is 14.7. The Morgan fingerprint density at radius 2 is 2.05 bits per heavy atom. The normalized spacial score (nSPS) is 21.7. The molecule has 4 nitrogen and oxygen atoms in total. The molecule has 1 saturated carbocycles. The molecule has 2 rings (SSSR count). The maximum absolute atomic E-state index is 13.4. The number of benzene rings is 1. The Bertz CT molecular complexity index is 533. The second-order valence-corrected chi connectivity index (χ2v) is 5.00. The Balaban J connectivity index is 1.90. The molecule has 2 N–H and O–H groups in total. The van der Waals surface area contributed by atoms with Gasteiger partial charge in [0, 0.05) is 11.6 Å². The van der Waals surface area contributed by atoms with Gasteiger partial charge in [-0.2, -0.15) is 0 Å². The monoisotopic (exact) mass is 283 g/mol. The molecule has 0 bridgehead atoms. The average molecular weight is 283 g/mol. The van der Waals surface area contributed by atoms with Crippen molar-refractivity contribution in [3.63, 3.8) is 0 Å². The second-order valence-electron chi connectivity index (χ2n) is 5.00. The van der Waals surface area contributed by atoms with Gasteiger partial charge in [-0.05, 0) is 25.3 Å². The topological polar surface area (TPSA) is 66.4 Å². The van der Waals surface area contributed by atoms with Crippen LogP contribution in [0, 0.1) is 17.6 Å². The van der Waals surface area contributed by atoms with Crippen LogP contribution in [-0.4, -0.2) is 23.0 Å². The van der Waals surface area contributed by atoms with E-state index in [2.05, 4.69) is 5.32 Å². The maximum atomic E-state index is 13.4. The zero-order valence-corrected chi connectivity index (χ0v) is 10.7. The highest BCUT2D eigenvalue weighted by Gasteiger charge is 2.30. The summed E-state index contributed by atoms with van der Waals surface area (Å²) < 4.78 is 26.4. The number of rotatable bonds is 4. The predicted octanol–water partition coefficient (Wildman–Crippen LogP) is 1.88. The van der Waals surface area contributed by atoms with E-state index in [1.165, 1.54) is 12.1 Å². The van der Waals surface area contributed by atoms with Crippen molar-refractivity contribution in [2.24, 2.45) is 5.92 Å². The quantitative estimate of drug-likeness (QED) is 0.886. The fraction of sp³-hybridized carbons (Fsp3) is 0.429. The van der Waals surface area contributed by atoms with Crippen LogP contribution in [-0.2, 0) is 16.0 Å². The smallest absolute Gasteiger partial charge is 0.306 e. The number of hydrogen-bond acceptors (Lipinski definition) is 2. The van der Waals surface area contributed by atoms with Crippen molar-refractivity contribution in [3.8, 4) is 0 Å². The highest BCUT2D eigenvalue weighted by atomic mass is 19.2. The first-order chi connectivity index (χ1) is 9.47. The molecule has 0 aromatic heterocycles. The van der Waals surface area contributed by atoms with Crippen LogP contribution < -0.4 is 5.32 Å². The van der Waals surface area contributed by atoms with Crippen LogP contribution in [0.2, 0.25) is 0 Å². The van der Waals surface area contributed by atoms with Crippen molar-refractivity contribution in [1.82, 2.24) is 5.32 Å². The lowest BCUT2D eigenvalue weighted by Gasteiger charge is -2.12. The van der Waals surface area contributed by atoms with Gasteiger partial charge in [0.05, 0.1) is 12.3 Å². The minimum Gasteiger partial charge on any atom is -0.481 e. The zero-order valence-electron chi connectivity index (χ0n) is 10.7. The first kappa shape index (κ1) is 14.4. The minimum atomic E-state index is -1.02. The van der Waals surface area contributed by atoms with E-state index < -0.39 is 29.4 Å². The highest BCUT2D eigenvalue weighted by Crippen LogP contribution is 2.25. The summed E-state index contributed by atoms with van der Waals surface area (Å²) in [4.78, 5) is 22.6. The molecule has 1 aromatic rings. The molecular weight excluding hydrogens is 268 g/mol. The lowest BCUT2D eigenvalue weighted by Crippen LogP contribution is -2.34. The fourth-order valence-corrected chi connectivity index (χ4v) is 2.47. The number of carbonyl (C=O) groups is 2. The van der Waals surface area contributed by atoms with Crippen LogP contribution in [0.4, 0.5) is 8.78 Å². The summed E-state index contributed by atoms with van der Waals surface area (Å²) in [7, 11) is 0. The van der Waals surface area contributed by atoms with Gasteiger partial charge in [0.25, 0.3) is 0 Å². The third-order valence-corrected chi connectivity index (χ3v) is 3.53. The van der Waals surface area contributed by atoms with E-state index >= 15 is 0 Å². The van der Waals surface area contributed by atoms with Crippen LogP contribution in [0.15, 0.2) is 18.2 Å². The first-order valence-corrected chi connectivity index (χ1v) is 6.42. The third-order valence-electron chi connectivity index (χ3n) is 3.53. The molecular formula is C14H15F2NO3. The fourth-order valence-electron chi connectivity index (χ4n) is 2.47. The second kappa shape index (κ2) is 5.98. The van der Waals surface area contributed by atoms with Crippen LogP contribution >= 0.6 is 0 Å². The van der Waals surface area contributed by atoms with Crippen molar-refractivity contribution in [2.75, 3.05) is 0 Å². The summed E-state index contributed by atoms with van der Waals surface area (Å²) in [5.74, 6) is -3.73. The van der Waals surface area contributed by atoms with Crippen LogP contribution in [0.5, 0.6) is 0 Å². The van der Waals surface area contributed by atoms with Gasteiger partial charge in [0.15, 0.2) is 11.6 Å². The molecule has 108 valence electrons. The number of halogens is 2. The predicted molar refractivity (Wildman–Crippen MR) is 67.0 cm³/mol. The SMILES string of the molecule is O=C(Cc1cccc(F)c1F)NC1CCC(C(=O)O)C1. The summed E-state index contributed by atoms with van der Waals surface area (Å²) in [6.45, 7) is 0. The number of carboxylic acids is 1. The largest absolute Gasteiger partial charge is 0.481 e. The van der Waals surface area contributed by atoms with Gasteiger partial charge >= 0.3 is 5.97 Å². The van der Waals surface area contributed by atoms with Gasteiger partial charge in [-0.15, -0.1) is 0 Å². The van der Waals surface area contributed by atoms with Crippen molar-refractivity contribution in [2.45, 2.75) is 31.7 Å². The lowest BCUT2D eigenvalue weighted by molar-refractivity contribution is -0.141. The number of nitrogens with one attached hydrogen (secondary N) is 1. The molecule has 0 spiro atoms. The van der Waals surface area contributed by atoms with E-state index in [4.69, 9.17) is 5.11 Å². The molecule has 2 atom stereocenters. The molecule has 0 radical (unpaired) electrons. The summed E-state index contributed by atoms with van der Waals surface area (Å²) in [5, 5.41) is 11.5. The first-order valence-electron chi connectivity index (χ1n) is 6.42. The van der Waals surface area contributed by atoms with Gasteiger partial charge in [-0.1, -0.05) is 12.1 Å². The molecule has 1 aliphatic carbocycles. The van der Waals surface area contributed by atoms with E-state index in [-0.39, 0.29) is 18.0 Å². The number of carbonyl (C=O) groups excluding carboxylic acids is 1. The van der Waals surface area contributed by atoms with Crippen LogP contribution in [0.1, 0.15) is 24.8 Å². The molecule has 0 heterocycles. The van der Waals surface area contributed by atoms with E-state index in [0.29, 0.717) is 19.3 Å². The Hall–Kier alpha value is -1.98. The molecule has 0 aliphatic heterocycles. The minimum absolute atomic E-state index is 0.00437. The Labute approximate surface area is 114 Å². The van der Waals surface area contributed by atoms with Gasteiger partial charge in [0.1, 0.15) is 0 Å². The average Bonchev–Trinajstić information content (AvgIpc) is 2.83. The third kappa shape index (κ3) is 3.31. The van der Waals surface area contributed by atoms with Crippen LogP contribution in [0.25, 0.3) is 0 Å². The molecule has 1 aromatic carbocycles. The number of carboxylic acid groups (broad SMARTS) is 1. The van der Waals surface area contributed by atoms with E-state index in [9.17, 15) is 18.4 Å². The van der Waals surface area contributed by atoms with Gasteiger partial charge < -0.3 is 10.4 Å². The van der Waals surface area contributed by atoms with E-state index in [1.807, 2.05) is 0 Å². The molecule has 1 amide bonds. The number of aliphatic carboxylic acids is 1. The molecule has 1 aliphatic rings. The van der Waals surface area contributed by atoms with Crippen LogP contribution in [0.3, 0.4) is 0 Å². The summed E-state index contributed by atoms with van der Waals surface area (Å²) >= 11 is 0. The van der Waals surface area contributed by atoms with Gasteiger partial charge in [-0.3, -0.25) is 9.59 Å². The van der Waals surface area contributed by atoms with Crippen molar-refractivity contribution in [1.29, 1.82) is 0 Å². The molecule has 1 fully saturated rings. The van der Waals surface area contributed by atoms with Crippen molar-refractivity contribution in [3.05, 3.63) is 35.4 Å². The summed E-state index contributed by atoms with van der Waals surface area (Å²) in [6, 6.07) is 3.48. The van der Waals surface area contributed by atoms with E-state index in [1.54, 1.807) is 0 Å².